The molecule has 0 spiro atoms. The molecule has 0 aliphatic rings. The monoisotopic (exact) mass is 486 g/mol. The van der Waals surface area contributed by atoms with Crippen LogP contribution in [0.25, 0.3) is 10.7 Å². The van der Waals surface area contributed by atoms with Gasteiger partial charge in [0.2, 0.25) is 0 Å². The van der Waals surface area contributed by atoms with Crippen molar-refractivity contribution < 1.29 is 0 Å². The zero-order valence-electron chi connectivity index (χ0n) is 10.4. The predicted octanol–water partition coefficient (Wildman–Crippen LogP) is 6.44. The van der Waals surface area contributed by atoms with E-state index in [0.29, 0.717) is 11.0 Å². The Morgan fingerprint density at radius 3 is 2.26 bits per heavy atom. The van der Waals surface area contributed by atoms with Crippen LogP contribution in [-0.4, -0.2) is 9.97 Å². The first-order chi connectivity index (χ1) is 8.70. The highest BCUT2D eigenvalue weighted by molar-refractivity contribution is 9.13. The molecule has 0 saturated carbocycles. The van der Waals surface area contributed by atoms with Crippen LogP contribution in [0.2, 0.25) is 5.15 Å². The van der Waals surface area contributed by atoms with Gasteiger partial charge in [0.1, 0.15) is 5.15 Å². The van der Waals surface area contributed by atoms with Gasteiger partial charge in [0.15, 0.2) is 5.82 Å². The van der Waals surface area contributed by atoms with Crippen LogP contribution in [0.3, 0.4) is 0 Å². The highest BCUT2D eigenvalue weighted by atomic mass is 79.9. The lowest BCUT2D eigenvalue weighted by Gasteiger charge is -2.20. The highest BCUT2D eigenvalue weighted by Crippen LogP contribution is 2.39. The lowest BCUT2D eigenvalue weighted by atomic mass is 9.92. The second kappa shape index (κ2) is 5.72. The number of hydrogen-bond acceptors (Lipinski definition) is 3. The van der Waals surface area contributed by atoms with E-state index in [1.165, 1.54) is 0 Å². The van der Waals surface area contributed by atoms with Crippen molar-refractivity contribution in [3.05, 3.63) is 29.6 Å². The van der Waals surface area contributed by atoms with Crippen LogP contribution in [0.5, 0.6) is 0 Å². The van der Waals surface area contributed by atoms with Gasteiger partial charge in [-0.05, 0) is 53.9 Å². The van der Waals surface area contributed by atoms with E-state index in [1.807, 2.05) is 6.07 Å². The molecule has 2 rings (SSSR count). The van der Waals surface area contributed by atoms with Gasteiger partial charge in [-0.2, -0.15) is 0 Å². The standard InChI is InChI=1S/C12H10Br3ClN2S/c1-12(2,3)8-7(14)10(16)18-11(17-8)6-4-5(13)9(15)19-6/h4H,1-3H3. The molecule has 7 heteroatoms. The molecule has 2 heterocycles. The largest absolute Gasteiger partial charge is 0.231 e. The first-order valence-electron chi connectivity index (χ1n) is 5.39. The van der Waals surface area contributed by atoms with E-state index in [4.69, 9.17) is 11.6 Å². The van der Waals surface area contributed by atoms with Gasteiger partial charge < -0.3 is 0 Å². The minimum Gasteiger partial charge on any atom is -0.231 e. The zero-order valence-corrected chi connectivity index (χ0v) is 16.7. The minimum atomic E-state index is -0.105. The van der Waals surface area contributed by atoms with Crippen molar-refractivity contribution in [1.29, 1.82) is 0 Å². The normalized spacial score (nSPS) is 11.9. The summed E-state index contributed by atoms with van der Waals surface area (Å²) >= 11 is 18.2. The van der Waals surface area contributed by atoms with Crippen LogP contribution in [0, 0.1) is 0 Å². The van der Waals surface area contributed by atoms with Gasteiger partial charge in [-0.25, -0.2) is 9.97 Å². The first-order valence-corrected chi connectivity index (χ1v) is 8.96. The van der Waals surface area contributed by atoms with Crippen LogP contribution in [-0.2, 0) is 5.41 Å². The molecule has 0 amide bonds. The fraction of sp³-hybridized carbons (Fsp3) is 0.333. The molecule has 0 N–H and O–H groups in total. The molecule has 19 heavy (non-hydrogen) atoms. The molecule has 2 aromatic heterocycles. The molecule has 0 aliphatic carbocycles. The van der Waals surface area contributed by atoms with Crippen LogP contribution in [0.4, 0.5) is 0 Å². The molecule has 0 unspecified atom stereocenters. The molecule has 102 valence electrons. The van der Waals surface area contributed by atoms with Crippen molar-refractivity contribution in [2.24, 2.45) is 0 Å². The van der Waals surface area contributed by atoms with Gasteiger partial charge in [-0.15, -0.1) is 11.3 Å². The van der Waals surface area contributed by atoms with E-state index in [0.717, 1.165) is 23.3 Å². The van der Waals surface area contributed by atoms with Gasteiger partial charge in [0.25, 0.3) is 0 Å². The summed E-state index contributed by atoms with van der Waals surface area (Å²) in [5.74, 6) is 0.648. The Balaban J connectivity index is 2.63. The summed E-state index contributed by atoms with van der Waals surface area (Å²) in [5.41, 5.74) is 0.800. The summed E-state index contributed by atoms with van der Waals surface area (Å²) in [6.45, 7) is 6.29. The average molecular weight is 489 g/mol. The maximum absolute atomic E-state index is 6.20. The quantitative estimate of drug-likeness (QED) is 0.431. The number of nitrogens with zero attached hydrogens (tertiary/aromatic N) is 2. The van der Waals surface area contributed by atoms with Crippen molar-refractivity contribution in [2.45, 2.75) is 26.2 Å². The van der Waals surface area contributed by atoms with Crippen LogP contribution < -0.4 is 0 Å². The molecule has 0 aliphatic heterocycles. The van der Waals surface area contributed by atoms with E-state index < -0.39 is 0 Å². The van der Waals surface area contributed by atoms with Crippen molar-refractivity contribution in [3.63, 3.8) is 0 Å². The lowest BCUT2D eigenvalue weighted by molar-refractivity contribution is 0.564. The number of aromatic nitrogens is 2. The zero-order chi connectivity index (χ0) is 14.4. The van der Waals surface area contributed by atoms with Crippen molar-refractivity contribution >= 4 is 70.7 Å². The van der Waals surface area contributed by atoms with E-state index in [-0.39, 0.29) is 5.41 Å². The third-order valence-electron chi connectivity index (χ3n) is 2.39. The fourth-order valence-corrected chi connectivity index (χ4v) is 4.40. The molecule has 0 atom stereocenters. The Bertz CT molecular complexity index is 615. The van der Waals surface area contributed by atoms with Gasteiger partial charge in [-0.1, -0.05) is 32.4 Å². The molecule has 0 aromatic carbocycles. The predicted molar refractivity (Wildman–Crippen MR) is 92.2 cm³/mol. The Morgan fingerprint density at radius 2 is 1.79 bits per heavy atom. The van der Waals surface area contributed by atoms with Gasteiger partial charge in [-0.3, -0.25) is 0 Å². The van der Waals surface area contributed by atoms with Gasteiger partial charge in [0, 0.05) is 9.89 Å². The molecular weight excluding hydrogens is 479 g/mol. The molecule has 2 nitrogen and oxygen atoms in total. The summed E-state index contributed by atoms with van der Waals surface area (Å²) in [6.07, 6.45) is 0. The topological polar surface area (TPSA) is 25.8 Å². The smallest absolute Gasteiger partial charge is 0.171 e. The Hall–Kier alpha value is 0.510. The summed E-state index contributed by atoms with van der Waals surface area (Å²) in [5, 5.41) is 0.440. The minimum absolute atomic E-state index is 0.105. The van der Waals surface area contributed by atoms with Gasteiger partial charge in [0.05, 0.1) is 18.8 Å². The summed E-state index contributed by atoms with van der Waals surface area (Å²) in [4.78, 5) is 9.97. The highest BCUT2D eigenvalue weighted by Gasteiger charge is 2.23. The van der Waals surface area contributed by atoms with Crippen molar-refractivity contribution in [1.82, 2.24) is 9.97 Å². The van der Waals surface area contributed by atoms with E-state index in [2.05, 4.69) is 78.5 Å². The van der Waals surface area contributed by atoms with Crippen LogP contribution in [0.1, 0.15) is 26.5 Å². The second-order valence-corrected chi connectivity index (χ2v) is 9.36. The van der Waals surface area contributed by atoms with E-state index in [9.17, 15) is 0 Å². The Labute approximate surface area is 146 Å². The number of rotatable bonds is 1. The second-order valence-electron chi connectivity index (χ2n) is 4.98. The lowest BCUT2D eigenvalue weighted by Crippen LogP contribution is -2.15. The van der Waals surface area contributed by atoms with Crippen molar-refractivity contribution in [3.8, 4) is 10.7 Å². The number of thiophene rings is 1. The molecule has 0 fully saturated rings. The van der Waals surface area contributed by atoms with Crippen LogP contribution >= 0.6 is 70.7 Å². The maximum Gasteiger partial charge on any atom is 0.171 e. The number of hydrogen-bond donors (Lipinski definition) is 0. The Morgan fingerprint density at radius 1 is 1.16 bits per heavy atom. The molecular formula is C12H10Br3ClN2S. The molecule has 0 saturated heterocycles. The molecule has 0 bridgehead atoms. The maximum atomic E-state index is 6.20. The summed E-state index contributed by atoms with van der Waals surface area (Å²) in [7, 11) is 0. The number of halogens is 4. The van der Waals surface area contributed by atoms with Gasteiger partial charge >= 0.3 is 0 Å². The van der Waals surface area contributed by atoms with E-state index >= 15 is 0 Å². The third kappa shape index (κ3) is 3.40. The molecule has 2 aromatic rings. The summed E-state index contributed by atoms with van der Waals surface area (Å²) in [6, 6.07) is 1.99. The molecule has 0 radical (unpaired) electrons. The average Bonchev–Trinajstić information content (AvgIpc) is 2.61. The summed E-state index contributed by atoms with van der Waals surface area (Å²) < 4.78 is 2.77. The fourth-order valence-electron chi connectivity index (χ4n) is 1.48. The van der Waals surface area contributed by atoms with E-state index in [1.54, 1.807) is 11.3 Å². The first kappa shape index (κ1) is 15.9. The van der Waals surface area contributed by atoms with Crippen molar-refractivity contribution in [2.75, 3.05) is 0 Å². The van der Waals surface area contributed by atoms with Crippen LogP contribution in [0.15, 0.2) is 18.8 Å². The Kier molecular flexibility index (Phi) is 4.78. The third-order valence-corrected chi connectivity index (χ3v) is 6.89. The SMILES string of the molecule is CC(C)(C)c1nc(-c2cc(Br)c(Br)s2)nc(Cl)c1Br.